The molecule has 3 aromatic rings. The molecule has 6 heteroatoms. The van der Waals surface area contributed by atoms with E-state index in [-0.39, 0.29) is 11.8 Å². The molecule has 0 bridgehead atoms. The van der Waals surface area contributed by atoms with Crippen molar-refractivity contribution in [2.24, 2.45) is 0 Å². The van der Waals surface area contributed by atoms with Gasteiger partial charge >= 0.3 is 0 Å². The fourth-order valence-corrected chi connectivity index (χ4v) is 3.96. The molecule has 0 aliphatic carbocycles. The predicted molar refractivity (Wildman–Crippen MR) is 117 cm³/mol. The summed E-state index contributed by atoms with van der Waals surface area (Å²) in [7, 11) is 0. The summed E-state index contributed by atoms with van der Waals surface area (Å²) in [5.74, 6) is 1.17. The quantitative estimate of drug-likeness (QED) is 0.658. The van der Waals surface area contributed by atoms with Crippen LogP contribution in [0.1, 0.15) is 30.7 Å². The van der Waals surface area contributed by atoms with Crippen molar-refractivity contribution < 1.29 is 9.59 Å². The number of carbonyl (C=O) groups excluding carboxylic acids is 2. The lowest BCUT2D eigenvalue weighted by atomic mass is 10.1. The third kappa shape index (κ3) is 5.06. The Morgan fingerprint density at radius 2 is 1.43 bits per heavy atom. The van der Waals surface area contributed by atoms with E-state index in [2.05, 4.69) is 22.1 Å². The maximum Gasteiger partial charge on any atom is 0.223 e. The van der Waals surface area contributed by atoms with Crippen LogP contribution in [0.5, 0.6) is 0 Å². The molecule has 1 aliphatic heterocycles. The van der Waals surface area contributed by atoms with Crippen LogP contribution in [0, 0.1) is 0 Å². The van der Waals surface area contributed by atoms with E-state index in [1.165, 1.54) is 5.56 Å². The number of nitrogens with one attached hydrogen (secondary N) is 1. The van der Waals surface area contributed by atoms with E-state index in [1.807, 2.05) is 52.3 Å². The monoisotopic (exact) mass is 404 g/mol. The van der Waals surface area contributed by atoms with Crippen molar-refractivity contribution in [1.82, 2.24) is 19.8 Å². The molecule has 2 amide bonds. The first kappa shape index (κ1) is 20.1. The average molecular weight is 405 g/mol. The summed E-state index contributed by atoms with van der Waals surface area (Å²) >= 11 is 0. The highest BCUT2D eigenvalue weighted by Gasteiger charge is 2.23. The van der Waals surface area contributed by atoms with Crippen molar-refractivity contribution in [2.45, 2.75) is 32.1 Å². The Labute approximate surface area is 176 Å². The maximum absolute atomic E-state index is 12.6. The predicted octanol–water partition coefficient (Wildman–Crippen LogP) is 3.19. The van der Waals surface area contributed by atoms with Gasteiger partial charge < -0.3 is 14.8 Å². The lowest BCUT2D eigenvalue weighted by molar-refractivity contribution is -0.139. The summed E-state index contributed by atoms with van der Waals surface area (Å²) in [4.78, 5) is 36.6. The van der Waals surface area contributed by atoms with Crippen LogP contribution in [-0.4, -0.2) is 57.8 Å². The molecule has 4 rings (SSSR count). The number of para-hydroxylation sites is 2. The number of benzene rings is 2. The number of hydrogen-bond donors (Lipinski definition) is 1. The molecular weight excluding hydrogens is 376 g/mol. The Bertz CT molecular complexity index is 958. The zero-order chi connectivity index (χ0) is 20.8. The zero-order valence-corrected chi connectivity index (χ0v) is 17.2. The first-order valence-corrected chi connectivity index (χ1v) is 10.7. The van der Waals surface area contributed by atoms with E-state index in [9.17, 15) is 9.59 Å². The summed E-state index contributed by atoms with van der Waals surface area (Å²) in [6.45, 7) is 2.48. The van der Waals surface area contributed by atoms with Gasteiger partial charge in [-0.05, 0) is 30.5 Å². The molecular formula is C24H28N4O2. The molecule has 1 aromatic heterocycles. The number of fused-ring (bicyclic) bond motifs is 1. The van der Waals surface area contributed by atoms with Gasteiger partial charge in [0, 0.05) is 45.4 Å². The fraction of sp³-hybridized carbons (Fsp3) is 0.375. The molecule has 0 radical (unpaired) electrons. The number of rotatable bonds is 7. The van der Waals surface area contributed by atoms with Gasteiger partial charge in [0.2, 0.25) is 11.8 Å². The molecule has 156 valence electrons. The van der Waals surface area contributed by atoms with Gasteiger partial charge in [-0.3, -0.25) is 9.59 Å². The normalized spacial score (nSPS) is 14.3. The van der Waals surface area contributed by atoms with Gasteiger partial charge in [-0.1, -0.05) is 42.5 Å². The second-order valence-electron chi connectivity index (χ2n) is 7.80. The SMILES string of the molecule is O=C(CCCc1ccccc1)N1CCN(C(=O)CCc2nc3ccccc3[nH]2)CC1. The topological polar surface area (TPSA) is 69.3 Å². The minimum atomic E-state index is 0.131. The molecule has 1 N–H and O–H groups in total. The van der Waals surface area contributed by atoms with Crippen molar-refractivity contribution in [3.63, 3.8) is 0 Å². The van der Waals surface area contributed by atoms with Crippen molar-refractivity contribution in [2.75, 3.05) is 26.2 Å². The Balaban J connectivity index is 1.18. The second kappa shape index (κ2) is 9.57. The molecule has 1 saturated heterocycles. The summed E-state index contributed by atoms with van der Waals surface area (Å²) < 4.78 is 0. The summed E-state index contributed by atoms with van der Waals surface area (Å²) in [5, 5.41) is 0. The van der Waals surface area contributed by atoms with Crippen LogP contribution in [0.3, 0.4) is 0 Å². The van der Waals surface area contributed by atoms with E-state index in [0.717, 1.165) is 29.7 Å². The Hall–Kier alpha value is -3.15. The number of amides is 2. The van der Waals surface area contributed by atoms with Crippen molar-refractivity contribution in [3.8, 4) is 0 Å². The van der Waals surface area contributed by atoms with Crippen LogP contribution in [-0.2, 0) is 22.4 Å². The number of carbonyl (C=O) groups is 2. The average Bonchev–Trinajstić information content (AvgIpc) is 3.21. The van der Waals surface area contributed by atoms with Crippen LogP contribution >= 0.6 is 0 Å². The number of nitrogens with zero attached hydrogens (tertiary/aromatic N) is 3. The van der Waals surface area contributed by atoms with Crippen LogP contribution in [0.25, 0.3) is 11.0 Å². The lowest BCUT2D eigenvalue weighted by Gasteiger charge is -2.35. The highest BCUT2D eigenvalue weighted by molar-refractivity contribution is 5.79. The molecule has 30 heavy (non-hydrogen) atoms. The van der Waals surface area contributed by atoms with E-state index in [1.54, 1.807) is 0 Å². The van der Waals surface area contributed by atoms with Gasteiger partial charge in [0.1, 0.15) is 5.82 Å². The molecule has 2 heterocycles. The van der Waals surface area contributed by atoms with E-state index in [4.69, 9.17) is 0 Å². The molecule has 0 saturated carbocycles. The molecule has 2 aromatic carbocycles. The number of aromatic nitrogens is 2. The number of hydrogen-bond acceptors (Lipinski definition) is 3. The van der Waals surface area contributed by atoms with Crippen molar-refractivity contribution >= 4 is 22.8 Å². The third-order valence-electron chi connectivity index (χ3n) is 5.70. The largest absolute Gasteiger partial charge is 0.342 e. The first-order chi connectivity index (χ1) is 14.7. The highest BCUT2D eigenvalue weighted by Crippen LogP contribution is 2.13. The second-order valence-corrected chi connectivity index (χ2v) is 7.80. The third-order valence-corrected chi connectivity index (χ3v) is 5.70. The molecule has 0 spiro atoms. The van der Waals surface area contributed by atoms with Crippen LogP contribution in [0.4, 0.5) is 0 Å². The van der Waals surface area contributed by atoms with Crippen LogP contribution in [0.15, 0.2) is 54.6 Å². The first-order valence-electron chi connectivity index (χ1n) is 10.7. The minimum Gasteiger partial charge on any atom is -0.342 e. The summed E-state index contributed by atoms with van der Waals surface area (Å²) in [6, 6.07) is 18.1. The summed E-state index contributed by atoms with van der Waals surface area (Å²) in [6.07, 6.45) is 3.39. The van der Waals surface area contributed by atoms with Gasteiger partial charge in [-0.15, -0.1) is 0 Å². The van der Waals surface area contributed by atoms with E-state index >= 15 is 0 Å². The van der Waals surface area contributed by atoms with Gasteiger partial charge in [0.25, 0.3) is 0 Å². The summed E-state index contributed by atoms with van der Waals surface area (Å²) in [5.41, 5.74) is 3.20. The standard InChI is InChI=1S/C24H28N4O2/c29-23(12-6-9-19-7-2-1-3-8-19)27-15-17-28(18-16-27)24(30)14-13-22-25-20-10-4-5-11-21(20)26-22/h1-5,7-8,10-11H,6,9,12-18H2,(H,25,26). The fourth-order valence-electron chi connectivity index (χ4n) is 3.96. The molecule has 0 atom stereocenters. The van der Waals surface area contributed by atoms with Gasteiger partial charge in [0.05, 0.1) is 11.0 Å². The van der Waals surface area contributed by atoms with Crippen LogP contribution in [0.2, 0.25) is 0 Å². The van der Waals surface area contributed by atoms with Crippen molar-refractivity contribution in [1.29, 1.82) is 0 Å². The van der Waals surface area contributed by atoms with Gasteiger partial charge in [-0.25, -0.2) is 4.98 Å². The maximum atomic E-state index is 12.6. The number of H-pyrrole nitrogens is 1. The number of aryl methyl sites for hydroxylation is 2. The Morgan fingerprint density at radius 3 is 2.13 bits per heavy atom. The lowest BCUT2D eigenvalue weighted by Crippen LogP contribution is -2.50. The van der Waals surface area contributed by atoms with Gasteiger partial charge in [0.15, 0.2) is 0 Å². The van der Waals surface area contributed by atoms with Crippen LogP contribution < -0.4 is 0 Å². The zero-order valence-electron chi connectivity index (χ0n) is 17.2. The smallest absolute Gasteiger partial charge is 0.223 e. The van der Waals surface area contributed by atoms with E-state index < -0.39 is 0 Å². The molecule has 0 unspecified atom stereocenters. The molecule has 1 fully saturated rings. The molecule has 6 nitrogen and oxygen atoms in total. The van der Waals surface area contributed by atoms with Gasteiger partial charge in [-0.2, -0.15) is 0 Å². The molecule has 1 aliphatic rings. The number of piperazine rings is 1. The van der Waals surface area contributed by atoms with E-state index in [0.29, 0.717) is 45.4 Å². The van der Waals surface area contributed by atoms with Crippen molar-refractivity contribution in [3.05, 3.63) is 66.0 Å². The Morgan fingerprint density at radius 1 is 0.800 bits per heavy atom. The number of aromatic amines is 1. The minimum absolute atomic E-state index is 0.131. The Kier molecular flexibility index (Phi) is 6.42. The number of imidazole rings is 1. The highest BCUT2D eigenvalue weighted by atomic mass is 16.2.